The number of nitrogens with one attached hydrogen (secondary N) is 1. The average Bonchev–Trinajstić information content (AvgIpc) is 2.90. The maximum Gasteiger partial charge on any atom is 0.142 e. The molecule has 2 aromatic carbocycles. The highest BCUT2D eigenvalue weighted by Crippen LogP contribution is 2.34. The van der Waals surface area contributed by atoms with Gasteiger partial charge in [-0.2, -0.15) is 0 Å². The van der Waals surface area contributed by atoms with E-state index in [0.717, 1.165) is 30.3 Å². The quantitative estimate of drug-likeness (QED) is 0.898. The summed E-state index contributed by atoms with van der Waals surface area (Å²) in [5.74, 6) is 2.31. The number of ether oxygens (including phenoxy) is 2. The highest BCUT2D eigenvalue weighted by molar-refractivity contribution is 5.56. The Bertz CT molecular complexity index is 583. The minimum Gasteiger partial charge on any atom is -0.493 e. The Morgan fingerprint density at radius 3 is 2.85 bits per heavy atom. The van der Waals surface area contributed by atoms with Gasteiger partial charge in [0.15, 0.2) is 0 Å². The van der Waals surface area contributed by atoms with E-state index < -0.39 is 0 Å². The van der Waals surface area contributed by atoms with Crippen molar-refractivity contribution in [3.8, 4) is 11.5 Å². The first-order valence-corrected chi connectivity index (χ1v) is 7.06. The second kappa shape index (κ2) is 5.87. The SMILES string of the molecule is CCOc1ccccc1NCC1COc2ccccc21. The Morgan fingerprint density at radius 1 is 1.15 bits per heavy atom. The molecule has 0 radical (unpaired) electrons. The highest BCUT2D eigenvalue weighted by atomic mass is 16.5. The van der Waals surface area contributed by atoms with Crippen molar-refractivity contribution in [2.24, 2.45) is 0 Å². The molecule has 2 aromatic rings. The summed E-state index contributed by atoms with van der Waals surface area (Å²) in [6.45, 7) is 4.26. The van der Waals surface area contributed by atoms with Crippen molar-refractivity contribution >= 4 is 5.69 Å². The summed E-state index contributed by atoms with van der Waals surface area (Å²) in [7, 11) is 0. The van der Waals surface area contributed by atoms with Gasteiger partial charge in [0.25, 0.3) is 0 Å². The summed E-state index contributed by atoms with van der Waals surface area (Å²) < 4.78 is 11.3. The molecule has 0 aromatic heterocycles. The zero-order valence-electron chi connectivity index (χ0n) is 11.6. The van der Waals surface area contributed by atoms with E-state index in [-0.39, 0.29) is 0 Å². The van der Waals surface area contributed by atoms with Gasteiger partial charge in [0.05, 0.1) is 18.9 Å². The van der Waals surface area contributed by atoms with Crippen LogP contribution in [0.1, 0.15) is 18.4 Å². The molecular weight excluding hydrogens is 250 g/mol. The molecule has 3 heteroatoms. The smallest absolute Gasteiger partial charge is 0.142 e. The molecule has 3 nitrogen and oxygen atoms in total. The van der Waals surface area contributed by atoms with Crippen LogP contribution in [0.4, 0.5) is 5.69 Å². The molecule has 20 heavy (non-hydrogen) atoms. The van der Waals surface area contributed by atoms with Gasteiger partial charge in [-0.25, -0.2) is 0 Å². The number of benzene rings is 2. The number of para-hydroxylation sites is 3. The van der Waals surface area contributed by atoms with Gasteiger partial charge in [0.2, 0.25) is 0 Å². The molecule has 1 atom stereocenters. The van der Waals surface area contributed by atoms with Crippen molar-refractivity contribution in [2.75, 3.05) is 25.1 Å². The van der Waals surface area contributed by atoms with Gasteiger partial charge < -0.3 is 14.8 Å². The molecule has 1 N–H and O–H groups in total. The number of fused-ring (bicyclic) bond motifs is 1. The first-order valence-electron chi connectivity index (χ1n) is 7.06. The van der Waals surface area contributed by atoms with Crippen LogP contribution in [0, 0.1) is 0 Å². The zero-order chi connectivity index (χ0) is 13.8. The van der Waals surface area contributed by atoms with Crippen molar-refractivity contribution in [2.45, 2.75) is 12.8 Å². The van der Waals surface area contributed by atoms with E-state index in [1.807, 2.05) is 43.3 Å². The van der Waals surface area contributed by atoms with Gasteiger partial charge in [-0.15, -0.1) is 0 Å². The van der Waals surface area contributed by atoms with Crippen LogP contribution < -0.4 is 14.8 Å². The van der Waals surface area contributed by atoms with Gasteiger partial charge in [0.1, 0.15) is 11.5 Å². The van der Waals surface area contributed by atoms with Crippen LogP contribution in [0.2, 0.25) is 0 Å². The third-order valence-corrected chi connectivity index (χ3v) is 3.52. The fourth-order valence-electron chi connectivity index (χ4n) is 2.53. The number of hydrogen-bond donors (Lipinski definition) is 1. The molecule has 1 heterocycles. The lowest BCUT2D eigenvalue weighted by Gasteiger charge is -2.15. The summed E-state index contributed by atoms with van der Waals surface area (Å²) in [5.41, 5.74) is 2.33. The summed E-state index contributed by atoms with van der Waals surface area (Å²) in [5, 5.41) is 3.48. The van der Waals surface area contributed by atoms with E-state index in [1.165, 1.54) is 5.56 Å². The summed E-state index contributed by atoms with van der Waals surface area (Å²) in [6.07, 6.45) is 0. The molecule has 3 rings (SSSR count). The van der Waals surface area contributed by atoms with Crippen molar-refractivity contribution in [1.29, 1.82) is 0 Å². The number of rotatable bonds is 5. The highest BCUT2D eigenvalue weighted by Gasteiger charge is 2.23. The third-order valence-electron chi connectivity index (χ3n) is 3.52. The Kier molecular flexibility index (Phi) is 3.77. The Hall–Kier alpha value is -2.16. The maximum absolute atomic E-state index is 5.71. The Balaban J connectivity index is 1.69. The summed E-state index contributed by atoms with van der Waals surface area (Å²) in [6, 6.07) is 16.3. The molecule has 0 amide bonds. The van der Waals surface area contributed by atoms with Gasteiger partial charge in [-0.1, -0.05) is 30.3 Å². The molecule has 1 aliphatic heterocycles. The lowest BCUT2D eigenvalue weighted by molar-refractivity contribution is 0.333. The predicted octanol–water partition coefficient (Wildman–Crippen LogP) is 3.67. The van der Waals surface area contributed by atoms with Crippen molar-refractivity contribution in [1.82, 2.24) is 0 Å². The van der Waals surface area contributed by atoms with Crippen LogP contribution in [0.5, 0.6) is 11.5 Å². The molecule has 0 spiro atoms. The maximum atomic E-state index is 5.71. The lowest BCUT2D eigenvalue weighted by atomic mass is 10.0. The second-order valence-electron chi connectivity index (χ2n) is 4.86. The minimum absolute atomic E-state index is 0.390. The van der Waals surface area contributed by atoms with E-state index in [1.54, 1.807) is 0 Å². The largest absolute Gasteiger partial charge is 0.493 e. The van der Waals surface area contributed by atoms with Gasteiger partial charge >= 0.3 is 0 Å². The van der Waals surface area contributed by atoms with Gasteiger partial charge in [-0.3, -0.25) is 0 Å². The molecular formula is C17H19NO2. The molecule has 1 aliphatic rings. The van der Waals surface area contributed by atoms with Gasteiger partial charge in [-0.05, 0) is 25.1 Å². The standard InChI is InChI=1S/C17H19NO2/c1-2-19-17-10-6-4-8-15(17)18-11-13-12-20-16-9-5-3-7-14(13)16/h3-10,13,18H,2,11-12H2,1H3. The van der Waals surface area contributed by atoms with Crippen LogP contribution >= 0.6 is 0 Å². The molecule has 0 fully saturated rings. The molecule has 0 saturated carbocycles. The fourth-order valence-corrected chi connectivity index (χ4v) is 2.53. The van der Waals surface area contributed by atoms with E-state index in [0.29, 0.717) is 12.5 Å². The summed E-state index contributed by atoms with van der Waals surface area (Å²) in [4.78, 5) is 0. The first kappa shape index (κ1) is 12.9. The second-order valence-corrected chi connectivity index (χ2v) is 4.86. The van der Waals surface area contributed by atoms with E-state index in [4.69, 9.17) is 9.47 Å². The molecule has 0 saturated heterocycles. The normalized spacial score (nSPS) is 16.4. The number of hydrogen-bond acceptors (Lipinski definition) is 3. The zero-order valence-corrected chi connectivity index (χ0v) is 11.6. The van der Waals surface area contributed by atoms with Crippen molar-refractivity contribution in [3.63, 3.8) is 0 Å². The third kappa shape index (κ3) is 2.57. The Labute approximate surface area is 119 Å². The monoisotopic (exact) mass is 269 g/mol. The van der Waals surface area contributed by atoms with Crippen LogP contribution in [-0.4, -0.2) is 19.8 Å². The molecule has 0 bridgehead atoms. The van der Waals surface area contributed by atoms with E-state index in [2.05, 4.69) is 17.4 Å². The molecule has 1 unspecified atom stereocenters. The van der Waals surface area contributed by atoms with E-state index in [9.17, 15) is 0 Å². The van der Waals surface area contributed by atoms with Crippen LogP contribution in [0.3, 0.4) is 0 Å². The van der Waals surface area contributed by atoms with Crippen LogP contribution in [0.25, 0.3) is 0 Å². The Morgan fingerprint density at radius 2 is 1.95 bits per heavy atom. The molecule has 104 valence electrons. The van der Waals surface area contributed by atoms with Gasteiger partial charge in [0, 0.05) is 18.0 Å². The topological polar surface area (TPSA) is 30.5 Å². The average molecular weight is 269 g/mol. The first-order chi connectivity index (χ1) is 9.88. The summed E-state index contributed by atoms with van der Waals surface area (Å²) >= 11 is 0. The van der Waals surface area contributed by atoms with Crippen LogP contribution in [-0.2, 0) is 0 Å². The van der Waals surface area contributed by atoms with Crippen molar-refractivity contribution in [3.05, 3.63) is 54.1 Å². The number of anilines is 1. The fraction of sp³-hybridized carbons (Fsp3) is 0.294. The predicted molar refractivity (Wildman–Crippen MR) is 80.8 cm³/mol. The minimum atomic E-state index is 0.390. The lowest BCUT2D eigenvalue weighted by Crippen LogP contribution is -2.14. The van der Waals surface area contributed by atoms with Crippen molar-refractivity contribution < 1.29 is 9.47 Å². The molecule has 0 aliphatic carbocycles. The van der Waals surface area contributed by atoms with Crippen LogP contribution in [0.15, 0.2) is 48.5 Å². The van der Waals surface area contributed by atoms with E-state index >= 15 is 0 Å².